The highest BCUT2D eigenvalue weighted by Gasteiger charge is 2.13. The molecule has 2 N–H and O–H groups in total. The van der Waals surface area contributed by atoms with Crippen molar-refractivity contribution in [2.24, 2.45) is 0 Å². The summed E-state index contributed by atoms with van der Waals surface area (Å²) in [5, 5.41) is 0. The van der Waals surface area contributed by atoms with E-state index in [1.807, 2.05) is 30.3 Å². The predicted octanol–water partition coefficient (Wildman–Crippen LogP) is 1.51. The van der Waals surface area contributed by atoms with Crippen molar-refractivity contribution in [3.05, 3.63) is 42.1 Å². The molecule has 0 saturated carbocycles. The van der Waals surface area contributed by atoms with Gasteiger partial charge in [0.25, 0.3) is 0 Å². The quantitative estimate of drug-likeness (QED) is 0.790. The molecule has 0 unspecified atom stereocenters. The van der Waals surface area contributed by atoms with Crippen molar-refractivity contribution in [3.8, 4) is 11.4 Å². The molecule has 1 aromatic carbocycles. The Morgan fingerprint density at radius 3 is 2.59 bits per heavy atom. The Hall–Kier alpha value is -2.43. The van der Waals surface area contributed by atoms with Gasteiger partial charge in [0.05, 0.1) is 7.11 Å². The van der Waals surface area contributed by atoms with Crippen LogP contribution < -0.4 is 5.73 Å². The number of esters is 1. The van der Waals surface area contributed by atoms with Gasteiger partial charge in [-0.05, 0) is 0 Å². The van der Waals surface area contributed by atoms with Gasteiger partial charge in [0.1, 0.15) is 11.4 Å². The molecule has 0 aliphatic heterocycles. The Kier molecular flexibility index (Phi) is 3.00. The number of ether oxygens (including phenoxy) is 1. The summed E-state index contributed by atoms with van der Waals surface area (Å²) in [6.07, 6.45) is 1.37. The molecule has 5 heteroatoms. The van der Waals surface area contributed by atoms with Crippen molar-refractivity contribution in [2.45, 2.75) is 0 Å². The van der Waals surface area contributed by atoms with Gasteiger partial charge in [0, 0.05) is 11.8 Å². The molecule has 0 aliphatic carbocycles. The second kappa shape index (κ2) is 4.61. The van der Waals surface area contributed by atoms with E-state index in [0.29, 0.717) is 5.82 Å². The lowest BCUT2D eigenvalue weighted by atomic mass is 10.2. The first-order valence-electron chi connectivity index (χ1n) is 4.98. The first-order valence-corrected chi connectivity index (χ1v) is 4.98. The number of benzene rings is 1. The molecule has 0 saturated heterocycles. The zero-order chi connectivity index (χ0) is 12.3. The molecule has 1 heterocycles. The van der Waals surface area contributed by atoms with E-state index in [4.69, 9.17) is 5.73 Å². The molecule has 0 aliphatic rings. The molecule has 0 amide bonds. The van der Waals surface area contributed by atoms with Gasteiger partial charge in [-0.15, -0.1) is 0 Å². The molecule has 17 heavy (non-hydrogen) atoms. The minimum absolute atomic E-state index is 0.116. The average Bonchev–Trinajstić information content (AvgIpc) is 2.39. The van der Waals surface area contributed by atoms with Crippen LogP contribution in [0.5, 0.6) is 0 Å². The Labute approximate surface area is 98.3 Å². The number of nitrogens with zero attached hydrogens (tertiary/aromatic N) is 2. The average molecular weight is 229 g/mol. The van der Waals surface area contributed by atoms with Gasteiger partial charge in [-0.1, -0.05) is 30.3 Å². The molecular formula is C12H11N3O2. The van der Waals surface area contributed by atoms with Crippen LogP contribution in [0, 0.1) is 0 Å². The summed E-state index contributed by atoms with van der Waals surface area (Å²) in [4.78, 5) is 19.5. The fraction of sp³-hybridized carbons (Fsp3) is 0.0833. The standard InChI is InChI=1S/C12H11N3O2/c1-17-12(16)9-7-14-11(15-10(9)13)8-5-3-2-4-6-8/h2-7H,1H3,(H2,13,14,15). The summed E-state index contributed by atoms with van der Waals surface area (Å²) in [5.74, 6) is 0.0589. The first kappa shape index (κ1) is 11.1. The van der Waals surface area contributed by atoms with Crippen molar-refractivity contribution in [1.29, 1.82) is 0 Å². The van der Waals surface area contributed by atoms with Crippen LogP contribution in [0.2, 0.25) is 0 Å². The fourth-order valence-electron chi connectivity index (χ4n) is 1.39. The van der Waals surface area contributed by atoms with Crippen LogP contribution in [-0.4, -0.2) is 23.0 Å². The predicted molar refractivity (Wildman–Crippen MR) is 63.2 cm³/mol. The topological polar surface area (TPSA) is 78.1 Å². The molecular weight excluding hydrogens is 218 g/mol. The smallest absolute Gasteiger partial charge is 0.343 e. The van der Waals surface area contributed by atoms with Crippen LogP contribution in [0.1, 0.15) is 10.4 Å². The molecule has 0 spiro atoms. The maximum absolute atomic E-state index is 11.3. The Morgan fingerprint density at radius 2 is 2.00 bits per heavy atom. The molecule has 2 aromatic rings. The minimum atomic E-state index is -0.540. The number of nitrogen functional groups attached to an aromatic ring is 1. The highest BCUT2D eigenvalue weighted by molar-refractivity contribution is 5.93. The van der Waals surface area contributed by atoms with Gasteiger partial charge >= 0.3 is 5.97 Å². The molecule has 1 aromatic heterocycles. The summed E-state index contributed by atoms with van der Waals surface area (Å²) in [6, 6.07) is 9.39. The molecule has 0 radical (unpaired) electrons. The maximum atomic E-state index is 11.3. The molecule has 2 rings (SSSR count). The van der Waals surface area contributed by atoms with Crippen LogP contribution in [0.4, 0.5) is 5.82 Å². The van der Waals surface area contributed by atoms with E-state index in [0.717, 1.165) is 5.56 Å². The van der Waals surface area contributed by atoms with Crippen molar-refractivity contribution in [3.63, 3.8) is 0 Å². The van der Waals surface area contributed by atoms with Crippen LogP contribution in [0.15, 0.2) is 36.5 Å². The number of carbonyl (C=O) groups excluding carboxylic acids is 1. The van der Waals surface area contributed by atoms with E-state index < -0.39 is 5.97 Å². The second-order valence-electron chi connectivity index (χ2n) is 3.35. The number of rotatable bonds is 2. The monoisotopic (exact) mass is 229 g/mol. The lowest BCUT2D eigenvalue weighted by Gasteiger charge is -2.04. The van der Waals surface area contributed by atoms with E-state index >= 15 is 0 Å². The fourth-order valence-corrected chi connectivity index (χ4v) is 1.39. The van der Waals surface area contributed by atoms with Crippen molar-refractivity contribution in [2.75, 3.05) is 12.8 Å². The Balaban J connectivity index is 2.41. The number of hydrogen-bond acceptors (Lipinski definition) is 5. The number of nitrogens with two attached hydrogens (primary N) is 1. The van der Waals surface area contributed by atoms with Crippen molar-refractivity contribution < 1.29 is 9.53 Å². The highest BCUT2D eigenvalue weighted by Crippen LogP contribution is 2.17. The molecule has 0 fully saturated rings. The summed E-state index contributed by atoms with van der Waals surface area (Å²) < 4.78 is 4.56. The SMILES string of the molecule is COC(=O)c1cnc(-c2ccccc2)nc1N. The summed E-state index contributed by atoms with van der Waals surface area (Å²) in [5.41, 5.74) is 6.70. The van der Waals surface area contributed by atoms with Crippen LogP contribution >= 0.6 is 0 Å². The van der Waals surface area contributed by atoms with Gasteiger partial charge in [-0.25, -0.2) is 14.8 Å². The Morgan fingerprint density at radius 1 is 1.29 bits per heavy atom. The van der Waals surface area contributed by atoms with Gasteiger partial charge in [-0.2, -0.15) is 0 Å². The van der Waals surface area contributed by atoms with Gasteiger partial charge in [-0.3, -0.25) is 0 Å². The van der Waals surface area contributed by atoms with E-state index in [1.165, 1.54) is 13.3 Å². The largest absolute Gasteiger partial charge is 0.465 e. The third-order valence-electron chi connectivity index (χ3n) is 2.26. The summed E-state index contributed by atoms with van der Waals surface area (Å²) in [7, 11) is 1.28. The van der Waals surface area contributed by atoms with Crippen LogP contribution in [-0.2, 0) is 4.74 Å². The summed E-state index contributed by atoms with van der Waals surface area (Å²) in [6.45, 7) is 0. The van der Waals surface area contributed by atoms with E-state index in [-0.39, 0.29) is 11.4 Å². The lowest BCUT2D eigenvalue weighted by molar-refractivity contribution is 0.0601. The molecule has 0 bridgehead atoms. The zero-order valence-electron chi connectivity index (χ0n) is 9.25. The van der Waals surface area contributed by atoms with Gasteiger partial charge in [0.15, 0.2) is 5.82 Å². The number of hydrogen-bond donors (Lipinski definition) is 1. The molecule has 86 valence electrons. The normalized spacial score (nSPS) is 9.94. The molecule has 5 nitrogen and oxygen atoms in total. The lowest BCUT2D eigenvalue weighted by Crippen LogP contribution is -2.08. The minimum Gasteiger partial charge on any atom is -0.465 e. The van der Waals surface area contributed by atoms with Crippen LogP contribution in [0.25, 0.3) is 11.4 Å². The number of carbonyl (C=O) groups is 1. The van der Waals surface area contributed by atoms with Crippen molar-refractivity contribution >= 4 is 11.8 Å². The first-order chi connectivity index (χ1) is 8.22. The third-order valence-corrected chi connectivity index (χ3v) is 2.26. The van der Waals surface area contributed by atoms with E-state index in [9.17, 15) is 4.79 Å². The van der Waals surface area contributed by atoms with Crippen LogP contribution in [0.3, 0.4) is 0 Å². The number of aromatic nitrogens is 2. The summed E-state index contributed by atoms with van der Waals surface area (Å²) >= 11 is 0. The zero-order valence-corrected chi connectivity index (χ0v) is 9.25. The maximum Gasteiger partial charge on any atom is 0.343 e. The number of methoxy groups -OCH3 is 1. The van der Waals surface area contributed by atoms with E-state index in [2.05, 4.69) is 14.7 Å². The number of anilines is 1. The van der Waals surface area contributed by atoms with Gasteiger partial charge < -0.3 is 10.5 Å². The highest BCUT2D eigenvalue weighted by atomic mass is 16.5. The third kappa shape index (κ3) is 2.23. The van der Waals surface area contributed by atoms with Gasteiger partial charge in [0.2, 0.25) is 0 Å². The van der Waals surface area contributed by atoms with E-state index in [1.54, 1.807) is 0 Å². The second-order valence-corrected chi connectivity index (χ2v) is 3.35. The van der Waals surface area contributed by atoms with Crippen molar-refractivity contribution in [1.82, 2.24) is 9.97 Å². The molecule has 0 atom stereocenters. The Bertz CT molecular complexity index is 541.